The molecule has 0 fully saturated rings. The lowest BCUT2D eigenvalue weighted by molar-refractivity contribution is -0.131. The van der Waals surface area contributed by atoms with Crippen molar-refractivity contribution >= 4 is 46.6 Å². The van der Waals surface area contributed by atoms with Gasteiger partial charge in [0.2, 0.25) is 5.91 Å². The van der Waals surface area contributed by atoms with Crippen molar-refractivity contribution in [2.24, 2.45) is 5.92 Å². The maximum absolute atomic E-state index is 10.9. The Hall–Kier alpha value is 0.01000. The van der Waals surface area contributed by atoms with Crippen molar-refractivity contribution in [1.29, 1.82) is 0 Å². The fraction of sp³-hybridized carbons (Fsp3) is 0.667. The van der Waals surface area contributed by atoms with Gasteiger partial charge in [-0.15, -0.1) is 0 Å². The third-order valence-corrected chi connectivity index (χ3v) is 1.53. The minimum absolute atomic E-state index is 0.318. The monoisotopic (exact) mass is 231 g/mol. The van der Waals surface area contributed by atoms with Crippen LogP contribution in [-0.4, -0.2) is 15.6 Å². The quantitative estimate of drug-likeness (QED) is 0.699. The van der Waals surface area contributed by atoms with Crippen molar-refractivity contribution in [1.82, 2.24) is 5.32 Å². The van der Waals surface area contributed by atoms with Crippen LogP contribution >= 0.6 is 34.8 Å². The average Bonchev–Trinajstić information content (AvgIpc) is 1.85. The van der Waals surface area contributed by atoms with Gasteiger partial charge < -0.3 is 0 Å². The highest BCUT2D eigenvalue weighted by atomic mass is 35.6. The van der Waals surface area contributed by atoms with E-state index in [4.69, 9.17) is 34.8 Å². The number of amides is 2. The van der Waals surface area contributed by atoms with Crippen molar-refractivity contribution in [3.05, 3.63) is 0 Å². The molecule has 0 atom stereocenters. The number of rotatable bonds is 1. The first-order chi connectivity index (χ1) is 5.25. The maximum Gasteiger partial charge on any atom is 0.278 e. The lowest BCUT2D eigenvalue weighted by Gasteiger charge is -2.11. The van der Waals surface area contributed by atoms with E-state index in [1.54, 1.807) is 13.8 Å². The van der Waals surface area contributed by atoms with Gasteiger partial charge in [-0.1, -0.05) is 48.7 Å². The Morgan fingerprint density at radius 1 is 1.25 bits per heavy atom. The van der Waals surface area contributed by atoms with Crippen LogP contribution in [0.2, 0.25) is 0 Å². The molecule has 0 bridgehead atoms. The van der Waals surface area contributed by atoms with Crippen LogP contribution in [0, 0.1) is 5.92 Å². The van der Waals surface area contributed by atoms with Crippen molar-refractivity contribution in [3.63, 3.8) is 0 Å². The Morgan fingerprint density at radius 2 is 1.67 bits per heavy atom. The van der Waals surface area contributed by atoms with Crippen LogP contribution < -0.4 is 5.32 Å². The molecule has 0 spiro atoms. The Bertz CT molecular complexity index is 197. The van der Waals surface area contributed by atoms with Crippen molar-refractivity contribution in [3.8, 4) is 0 Å². The smallest absolute Gasteiger partial charge is 0.278 e. The summed E-state index contributed by atoms with van der Waals surface area (Å²) in [7, 11) is 0. The molecular formula is C6H8Cl3NO2. The summed E-state index contributed by atoms with van der Waals surface area (Å²) in [4.78, 5) is 21.7. The minimum Gasteiger partial charge on any atom is -0.292 e. The minimum atomic E-state index is -2.08. The molecule has 6 heteroatoms. The predicted molar refractivity (Wildman–Crippen MR) is 48.3 cm³/mol. The van der Waals surface area contributed by atoms with E-state index in [2.05, 4.69) is 0 Å². The number of hydrogen-bond acceptors (Lipinski definition) is 2. The van der Waals surface area contributed by atoms with Gasteiger partial charge in [-0.2, -0.15) is 0 Å². The first-order valence-electron chi connectivity index (χ1n) is 3.17. The summed E-state index contributed by atoms with van der Waals surface area (Å²) in [6.07, 6.45) is 0. The number of imide groups is 1. The van der Waals surface area contributed by atoms with Crippen LogP contribution in [0.1, 0.15) is 13.8 Å². The Morgan fingerprint density at radius 3 is 1.92 bits per heavy atom. The molecule has 0 aliphatic rings. The van der Waals surface area contributed by atoms with Gasteiger partial charge >= 0.3 is 0 Å². The van der Waals surface area contributed by atoms with Crippen molar-refractivity contribution < 1.29 is 9.59 Å². The highest BCUT2D eigenvalue weighted by Crippen LogP contribution is 2.25. The van der Waals surface area contributed by atoms with Crippen LogP contribution in [0.15, 0.2) is 0 Å². The molecule has 0 unspecified atom stereocenters. The van der Waals surface area contributed by atoms with E-state index in [9.17, 15) is 9.59 Å². The molecule has 0 radical (unpaired) electrons. The second-order valence-corrected chi connectivity index (χ2v) is 4.75. The molecule has 1 N–H and O–H groups in total. The Labute approximate surface area is 85.3 Å². The standard InChI is InChI=1S/C6H8Cl3NO2/c1-3(2)4(11)10-5(12)6(7,8)9/h3H,1-2H3,(H,10,11,12). The molecule has 2 amide bonds. The average molecular weight is 232 g/mol. The molecule has 12 heavy (non-hydrogen) atoms. The van der Waals surface area contributed by atoms with E-state index in [-0.39, 0.29) is 5.92 Å². The molecule has 0 aromatic rings. The first-order valence-corrected chi connectivity index (χ1v) is 4.30. The summed E-state index contributed by atoms with van der Waals surface area (Å²) in [6.45, 7) is 3.25. The third kappa shape index (κ3) is 4.14. The number of nitrogens with one attached hydrogen (secondary N) is 1. The zero-order chi connectivity index (χ0) is 9.94. The lowest BCUT2D eigenvalue weighted by atomic mass is 10.2. The highest BCUT2D eigenvalue weighted by Gasteiger charge is 2.32. The van der Waals surface area contributed by atoms with E-state index in [0.29, 0.717) is 0 Å². The molecule has 3 nitrogen and oxygen atoms in total. The zero-order valence-electron chi connectivity index (χ0n) is 6.53. The summed E-state index contributed by atoms with van der Waals surface area (Å²) in [5.74, 6) is -1.71. The molecule has 0 saturated heterocycles. The maximum atomic E-state index is 10.9. The Balaban J connectivity index is 4.12. The van der Waals surface area contributed by atoms with Gasteiger partial charge in [0.25, 0.3) is 9.70 Å². The van der Waals surface area contributed by atoms with Crippen molar-refractivity contribution in [2.45, 2.75) is 17.6 Å². The lowest BCUT2D eigenvalue weighted by Crippen LogP contribution is -2.40. The van der Waals surface area contributed by atoms with E-state index in [1.807, 2.05) is 5.32 Å². The molecule has 0 aliphatic carbocycles. The molecule has 70 valence electrons. The number of carbonyl (C=O) groups is 2. The SMILES string of the molecule is CC(C)C(=O)NC(=O)C(Cl)(Cl)Cl. The third-order valence-electron chi connectivity index (χ3n) is 1.02. The summed E-state index contributed by atoms with van der Waals surface area (Å²) in [5, 5.41) is 1.95. The summed E-state index contributed by atoms with van der Waals surface area (Å²) in [5.41, 5.74) is 0. The van der Waals surface area contributed by atoms with Crippen LogP contribution in [-0.2, 0) is 9.59 Å². The van der Waals surface area contributed by atoms with E-state index >= 15 is 0 Å². The van der Waals surface area contributed by atoms with Crippen LogP contribution in [0.25, 0.3) is 0 Å². The van der Waals surface area contributed by atoms with E-state index < -0.39 is 15.6 Å². The number of halogens is 3. The number of carbonyl (C=O) groups excluding carboxylic acids is 2. The first kappa shape index (κ1) is 12.0. The van der Waals surface area contributed by atoms with Gasteiger partial charge in [0.15, 0.2) is 0 Å². The van der Waals surface area contributed by atoms with Crippen molar-refractivity contribution in [2.75, 3.05) is 0 Å². The fourth-order valence-corrected chi connectivity index (χ4v) is 0.469. The van der Waals surface area contributed by atoms with Crippen LogP contribution in [0.5, 0.6) is 0 Å². The number of alkyl halides is 3. The molecule has 0 aromatic heterocycles. The van der Waals surface area contributed by atoms with Gasteiger partial charge in [-0.3, -0.25) is 14.9 Å². The predicted octanol–water partition coefficient (Wildman–Crippen LogP) is 1.66. The molecular weight excluding hydrogens is 224 g/mol. The van der Waals surface area contributed by atoms with Gasteiger partial charge in [0.1, 0.15) is 0 Å². The Kier molecular flexibility index (Phi) is 4.31. The van der Waals surface area contributed by atoms with E-state index in [0.717, 1.165) is 0 Å². The topological polar surface area (TPSA) is 46.2 Å². The molecule has 0 heterocycles. The molecule has 0 saturated carbocycles. The van der Waals surface area contributed by atoms with Gasteiger partial charge in [0, 0.05) is 5.92 Å². The summed E-state index contributed by atoms with van der Waals surface area (Å²) in [6, 6.07) is 0. The summed E-state index contributed by atoms with van der Waals surface area (Å²) < 4.78 is -2.08. The fourth-order valence-electron chi connectivity index (χ4n) is 0.327. The number of hydrogen-bond donors (Lipinski definition) is 1. The second-order valence-electron chi connectivity index (χ2n) is 2.47. The molecule has 0 rings (SSSR count). The van der Waals surface area contributed by atoms with Crippen LogP contribution in [0.3, 0.4) is 0 Å². The van der Waals surface area contributed by atoms with Gasteiger partial charge in [-0.25, -0.2) is 0 Å². The normalized spacial score (nSPS) is 11.5. The highest BCUT2D eigenvalue weighted by molar-refractivity contribution is 6.76. The molecule has 0 aliphatic heterocycles. The summed E-state index contributed by atoms with van der Waals surface area (Å²) >= 11 is 15.6. The largest absolute Gasteiger partial charge is 0.292 e. The van der Waals surface area contributed by atoms with Gasteiger partial charge in [-0.05, 0) is 0 Å². The second kappa shape index (κ2) is 4.30. The van der Waals surface area contributed by atoms with E-state index in [1.165, 1.54) is 0 Å². The zero-order valence-corrected chi connectivity index (χ0v) is 8.80. The van der Waals surface area contributed by atoms with Gasteiger partial charge in [0.05, 0.1) is 0 Å². The molecule has 0 aromatic carbocycles. The van der Waals surface area contributed by atoms with Crippen LogP contribution in [0.4, 0.5) is 0 Å².